The first-order valence-corrected chi connectivity index (χ1v) is 6.07. The average molecular weight is 253 g/mol. The van der Waals surface area contributed by atoms with Gasteiger partial charge in [0.05, 0.1) is 16.8 Å². The number of carbonyl (C=O) groups is 1. The molecule has 0 aliphatic heterocycles. The van der Waals surface area contributed by atoms with E-state index in [0.29, 0.717) is 0 Å². The number of aryl methyl sites for hydroxylation is 2. The molecule has 0 saturated carbocycles. The number of amides is 1. The van der Waals surface area contributed by atoms with Crippen LogP contribution in [0.15, 0.2) is 6.07 Å². The van der Waals surface area contributed by atoms with Gasteiger partial charge in [-0.2, -0.15) is 5.10 Å². The molecule has 1 rings (SSSR count). The molecule has 0 aliphatic rings. The fraction of sp³-hybridized carbons (Fsp3) is 0.692. The van der Waals surface area contributed by atoms with E-state index in [0.717, 1.165) is 11.4 Å². The number of carbonyl (C=O) groups excluding carboxylic acids is 1. The van der Waals surface area contributed by atoms with E-state index in [1.54, 1.807) is 32.4 Å². The SMILES string of the molecule is Cc1cc(C)n(CC(=O)NC(C)(C)C(C)(C)O)n1. The summed E-state index contributed by atoms with van der Waals surface area (Å²) < 4.78 is 1.66. The number of aromatic nitrogens is 2. The lowest BCUT2D eigenvalue weighted by Crippen LogP contribution is -2.58. The van der Waals surface area contributed by atoms with E-state index in [1.165, 1.54) is 0 Å². The maximum atomic E-state index is 12.0. The Morgan fingerprint density at radius 2 is 1.94 bits per heavy atom. The predicted molar refractivity (Wildman–Crippen MR) is 70.2 cm³/mol. The van der Waals surface area contributed by atoms with Crippen LogP contribution in [0.5, 0.6) is 0 Å². The van der Waals surface area contributed by atoms with Crippen LogP contribution < -0.4 is 5.32 Å². The first-order valence-electron chi connectivity index (χ1n) is 6.07. The normalized spacial score (nSPS) is 12.6. The number of nitrogens with one attached hydrogen (secondary N) is 1. The Morgan fingerprint density at radius 3 is 2.33 bits per heavy atom. The molecule has 0 bridgehead atoms. The van der Waals surface area contributed by atoms with Crippen LogP contribution in [0.3, 0.4) is 0 Å². The van der Waals surface area contributed by atoms with Crippen LogP contribution in [0, 0.1) is 13.8 Å². The molecule has 0 spiro atoms. The highest BCUT2D eigenvalue weighted by Crippen LogP contribution is 2.20. The lowest BCUT2D eigenvalue weighted by atomic mass is 9.86. The molecule has 0 aromatic carbocycles. The molecule has 1 aromatic rings. The number of aliphatic hydroxyl groups is 1. The van der Waals surface area contributed by atoms with Crippen molar-refractivity contribution in [3.05, 3.63) is 17.5 Å². The van der Waals surface area contributed by atoms with E-state index in [2.05, 4.69) is 10.4 Å². The van der Waals surface area contributed by atoms with Crippen molar-refractivity contribution in [1.29, 1.82) is 0 Å². The molecule has 0 saturated heterocycles. The predicted octanol–water partition coefficient (Wildman–Crippen LogP) is 1.17. The van der Waals surface area contributed by atoms with Crippen molar-refractivity contribution in [3.8, 4) is 0 Å². The van der Waals surface area contributed by atoms with E-state index in [1.807, 2.05) is 19.9 Å². The summed E-state index contributed by atoms with van der Waals surface area (Å²) in [6, 6.07) is 1.93. The van der Waals surface area contributed by atoms with E-state index in [-0.39, 0.29) is 12.5 Å². The minimum atomic E-state index is -0.988. The van der Waals surface area contributed by atoms with Gasteiger partial charge in [-0.3, -0.25) is 9.48 Å². The van der Waals surface area contributed by atoms with Gasteiger partial charge >= 0.3 is 0 Å². The summed E-state index contributed by atoms with van der Waals surface area (Å²) in [5.41, 5.74) is 0.156. The Hall–Kier alpha value is -1.36. The number of nitrogens with zero attached hydrogens (tertiary/aromatic N) is 2. The first-order chi connectivity index (χ1) is 8.03. The third-order valence-corrected chi connectivity index (χ3v) is 3.38. The number of hydrogen-bond acceptors (Lipinski definition) is 3. The van der Waals surface area contributed by atoms with Crippen molar-refractivity contribution >= 4 is 5.91 Å². The molecule has 5 heteroatoms. The van der Waals surface area contributed by atoms with Crippen molar-refractivity contribution in [2.24, 2.45) is 0 Å². The molecule has 1 aromatic heterocycles. The fourth-order valence-electron chi connectivity index (χ4n) is 1.51. The van der Waals surface area contributed by atoms with Crippen LogP contribution >= 0.6 is 0 Å². The molecule has 0 radical (unpaired) electrons. The summed E-state index contributed by atoms with van der Waals surface area (Å²) in [6.07, 6.45) is 0. The molecule has 0 aliphatic carbocycles. The fourth-order valence-corrected chi connectivity index (χ4v) is 1.51. The second kappa shape index (κ2) is 4.72. The zero-order chi connectivity index (χ0) is 14.1. The second-order valence-electron chi connectivity index (χ2n) is 5.82. The molecule has 2 N–H and O–H groups in total. The largest absolute Gasteiger partial charge is 0.388 e. The van der Waals surface area contributed by atoms with Gasteiger partial charge in [0.15, 0.2) is 0 Å². The maximum absolute atomic E-state index is 12.0. The topological polar surface area (TPSA) is 67.2 Å². The molecular formula is C13H23N3O2. The van der Waals surface area contributed by atoms with Gasteiger partial charge in [-0.05, 0) is 47.6 Å². The summed E-state index contributed by atoms with van der Waals surface area (Å²) >= 11 is 0. The second-order valence-corrected chi connectivity index (χ2v) is 5.82. The Morgan fingerprint density at radius 1 is 1.39 bits per heavy atom. The Kier molecular flexibility index (Phi) is 3.86. The van der Waals surface area contributed by atoms with E-state index < -0.39 is 11.1 Å². The number of rotatable bonds is 4. The third kappa shape index (κ3) is 3.32. The van der Waals surface area contributed by atoms with Crippen molar-refractivity contribution in [3.63, 3.8) is 0 Å². The molecule has 0 atom stereocenters. The standard InChI is InChI=1S/C13H23N3O2/c1-9-7-10(2)16(15-9)8-11(17)14-12(3,4)13(5,6)18/h7,18H,8H2,1-6H3,(H,14,17). The molecule has 102 valence electrons. The van der Waals surface area contributed by atoms with E-state index in [4.69, 9.17) is 0 Å². The van der Waals surface area contributed by atoms with Crippen molar-refractivity contribution in [2.45, 2.75) is 59.2 Å². The summed E-state index contributed by atoms with van der Waals surface area (Å²) in [4.78, 5) is 12.0. The van der Waals surface area contributed by atoms with Crippen LogP contribution in [-0.4, -0.2) is 31.9 Å². The van der Waals surface area contributed by atoms with Crippen LogP contribution in [0.2, 0.25) is 0 Å². The van der Waals surface area contributed by atoms with Gasteiger partial charge in [0.25, 0.3) is 0 Å². The summed E-state index contributed by atoms with van der Waals surface area (Å²) in [5, 5.41) is 17.0. The van der Waals surface area contributed by atoms with Gasteiger partial charge in [-0.25, -0.2) is 0 Å². The van der Waals surface area contributed by atoms with Gasteiger partial charge in [0, 0.05) is 5.69 Å². The van der Waals surface area contributed by atoms with Crippen LogP contribution in [-0.2, 0) is 11.3 Å². The molecule has 18 heavy (non-hydrogen) atoms. The number of hydrogen-bond donors (Lipinski definition) is 2. The van der Waals surface area contributed by atoms with Crippen molar-refractivity contribution in [2.75, 3.05) is 0 Å². The molecule has 0 fully saturated rings. The molecule has 5 nitrogen and oxygen atoms in total. The van der Waals surface area contributed by atoms with Gasteiger partial charge in [-0.1, -0.05) is 0 Å². The highest BCUT2D eigenvalue weighted by Gasteiger charge is 2.36. The lowest BCUT2D eigenvalue weighted by molar-refractivity contribution is -0.126. The highest BCUT2D eigenvalue weighted by atomic mass is 16.3. The minimum Gasteiger partial charge on any atom is -0.388 e. The van der Waals surface area contributed by atoms with Gasteiger partial charge in [-0.15, -0.1) is 0 Å². The summed E-state index contributed by atoms with van der Waals surface area (Å²) in [7, 11) is 0. The zero-order valence-corrected chi connectivity index (χ0v) is 12.0. The minimum absolute atomic E-state index is 0.159. The van der Waals surface area contributed by atoms with Crippen LogP contribution in [0.1, 0.15) is 39.1 Å². The van der Waals surface area contributed by atoms with Gasteiger partial charge < -0.3 is 10.4 Å². The Labute approximate surface area is 108 Å². The van der Waals surface area contributed by atoms with Gasteiger partial charge in [0.1, 0.15) is 6.54 Å². The maximum Gasteiger partial charge on any atom is 0.242 e. The third-order valence-electron chi connectivity index (χ3n) is 3.38. The average Bonchev–Trinajstić information content (AvgIpc) is 2.41. The summed E-state index contributed by atoms with van der Waals surface area (Å²) in [5.74, 6) is -0.159. The van der Waals surface area contributed by atoms with Gasteiger partial charge in [0.2, 0.25) is 5.91 Å². The quantitative estimate of drug-likeness (QED) is 0.846. The summed E-state index contributed by atoms with van der Waals surface area (Å²) in [6.45, 7) is 10.9. The molecular weight excluding hydrogens is 230 g/mol. The molecule has 1 amide bonds. The molecule has 1 heterocycles. The molecule has 0 unspecified atom stereocenters. The highest BCUT2D eigenvalue weighted by molar-refractivity contribution is 5.76. The van der Waals surface area contributed by atoms with E-state index in [9.17, 15) is 9.90 Å². The van der Waals surface area contributed by atoms with Crippen molar-refractivity contribution in [1.82, 2.24) is 15.1 Å². The Balaban J connectivity index is 2.71. The van der Waals surface area contributed by atoms with Crippen molar-refractivity contribution < 1.29 is 9.90 Å². The first kappa shape index (κ1) is 14.7. The van der Waals surface area contributed by atoms with Crippen LogP contribution in [0.4, 0.5) is 0 Å². The Bertz CT molecular complexity index is 442. The monoisotopic (exact) mass is 253 g/mol. The zero-order valence-electron chi connectivity index (χ0n) is 12.0. The lowest BCUT2D eigenvalue weighted by Gasteiger charge is -2.38. The van der Waals surface area contributed by atoms with Crippen LogP contribution in [0.25, 0.3) is 0 Å². The van der Waals surface area contributed by atoms with E-state index >= 15 is 0 Å². The smallest absolute Gasteiger partial charge is 0.242 e.